The summed E-state index contributed by atoms with van der Waals surface area (Å²) in [5, 5.41) is 7.02. The normalized spacial score (nSPS) is 12.0. The summed E-state index contributed by atoms with van der Waals surface area (Å²) in [6.07, 6.45) is 2.17. The molecule has 152 valence electrons. The van der Waals surface area contributed by atoms with E-state index >= 15 is 0 Å². The van der Waals surface area contributed by atoms with Gasteiger partial charge in [-0.3, -0.25) is 9.59 Å². The van der Waals surface area contributed by atoms with Crippen molar-refractivity contribution < 1.29 is 14.3 Å². The van der Waals surface area contributed by atoms with E-state index in [1.165, 1.54) is 6.33 Å². The molecule has 8 heteroatoms. The highest BCUT2D eigenvalue weighted by Crippen LogP contribution is 2.17. The molecular formula is C21H25N5O3. The van der Waals surface area contributed by atoms with Crippen molar-refractivity contribution >= 4 is 17.7 Å². The fourth-order valence-corrected chi connectivity index (χ4v) is 3.21. The third-order valence-electron chi connectivity index (χ3n) is 4.90. The van der Waals surface area contributed by atoms with Gasteiger partial charge in [-0.2, -0.15) is 10.1 Å². The fraction of sp³-hybridized carbons (Fsp3) is 0.381. The molecule has 2 aromatic heterocycles. The Kier molecular flexibility index (Phi) is 6.21. The van der Waals surface area contributed by atoms with E-state index in [4.69, 9.17) is 4.74 Å². The van der Waals surface area contributed by atoms with Crippen LogP contribution in [0.2, 0.25) is 0 Å². The van der Waals surface area contributed by atoms with Crippen molar-refractivity contribution in [3.8, 4) is 0 Å². The first-order valence-electron chi connectivity index (χ1n) is 9.56. The first kappa shape index (κ1) is 20.4. The van der Waals surface area contributed by atoms with Gasteiger partial charge < -0.3 is 10.1 Å². The number of nitrogens with zero attached hydrogens (tertiary/aromatic N) is 4. The van der Waals surface area contributed by atoms with Gasteiger partial charge >= 0.3 is 5.97 Å². The number of amides is 1. The van der Waals surface area contributed by atoms with Gasteiger partial charge in [-0.05, 0) is 32.8 Å². The third kappa shape index (κ3) is 4.77. The van der Waals surface area contributed by atoms with Crippen LogP contribution in [0.4, 0.5) is 0 Å². The number of carbonyl (C=O) groups excluding carboxylic acids is 2. The number of fused-ring (bicyclic) bond motifs is 1. The van der Waals surface area contributed by atoms with Crippen molar-refractivity contribution in [3.63, 3.8) is 0 Å². The molecule has 0 spiro atoms. The van der Waals surface area contributed by atoms with Crippen LogP contribution < -0.4 is 5.32 Å². The van der Waals surface area contributed by atoms with Crippen molar-refractivity contribution in [2.75, 3.05) is 6.61 Å². The zero-order chi connectivity index (χ0) is 21.0. The third-order valence-corrected chi connectivity index (χ3v) is 4.90. The average molecular weight is 395 g/mol. The van der Waals surface area contributed by atoms with Crippen LogP contribution >= 0.6 is 0 Å². The molecule has 2 heterocycles. The van der Waals surface area contributed by atoms with E-state index < -0.39 is 5.97 Å². The first-order chi connectivity index (χ1) is 13.9. The molecule has 0 aliphatic heterocycles. The van der Waals surface area contributed by atoms with Crippen LogP contribution in [0.25, 0.3) is 5.78 Å². The highest BCUT2D eigenvalue weighted by atomic mass is 16.5. The van der Waals surface area contributed by atoms with Gasteiger partial charge in [0.15, 0.2) is 6.61 Å². The number of esters is 1. The van der Waals surface area contributed by atoms with Gasteiger partial charge in [-0.1, -0.05) is 36.8 Å². The number of benzene rings is 1. The highest BCUT2D eigenvalue weighted by Gasteiger charge is 2.17. The number of carbonyl (C=O) groups is 2. The Bertz CT molecular complexity index is 1030. The minimum atomic E-state index is -0.490. The molecule has 0 aliphatic carbocycles. The minimum Gasteiger partial charge on any atom is -0.455 e. The maximum absolute atomic E-state index is 12.3. The standard InChI is InChI=1S/C21H25N5O3/c1-5-18(16-8-6-13(2)7-9-16)25-19(27)11-29-20(28)10-17-14(3)24-21-22-12-23-26(21)15(17)4/h6-9,12,18H,5,10-11H2,1-4H3,(H,25,27)/t18-/m0/s1. The van der Waals surface area contributed by atoms with Crippen LogP contribution in [0.3, 0.4) is 0 Å². The van der Waals surface area contributed by atoms with Crippen molar-refractivity contribution in [1.82, 2.24) is 24.9 Å². The molecule has 0 saturated heterocycles. The second-order valence-electron chi connectivity index (χ2n) is 7.01. The van der Waals surface area contributed by atoms with E-state index in [-0.39, 0.29) is 25.0 Å². The highest BCUT2D eigenvalue weighted by molar-refractivity contribution is 5.81. The van der Waals surface area contributed by atoms with Crippen molar-refractivity contribution in [2.24, 2.45) is 0 Å². The molecule has 29 heavy (non-hydrogen) atoms. The maximum Gasteiger partial charge on any atom is 0.310 e. The molecule has 1 N–H and O–H groups in total. The molecular weight excluding hydrogens is 370 g/mol. The largest absolute Gasteiger partial charge is 0.455 e. The molecule has 1 amide bonds. The van der Waals surface area contributed by atoms with Crippen LogP contribution in [0.5, 0.6) is 0 Å². The molecule has 0 bridgehead atoms. The van der Waals surface area contributed by atoms with Gasteiger partial charge in [0.2, 0.25) is 0 Å². The Morgan fingerprint density at radius 2 is 1.90 bits per heavy atom. The molecule has 0 aliphatic rings. The molecule has 1 atom stereocenters. The molecule has 1 aromatic carbocycles. The molecule has 8 nitrogen and oxygen atoms in total. The lowest BCUT2D eigenvalue weighted by Crippen LogP contribution is -2.32. The van der Waals surface area contributed by atoms with Gasteiger partial charge in [0.05, 0.1) is 12.5 Å². The Hall–Kier alpha value is -3.29. The summed E-state index contributed by atoms with van der Waals surface area (Å²) >= 11 is 0. The van der Waals surface area contributed by atoms with Crippen molar-refractivity contribution in [2.45, 2.75) is 46.6 Å². The topological polar surface area (TPSA) is 98.5 Å². The van der Waals surface area contributed by atoms with E-state index in [0.29, 0.717) is 11.5 Å². The van der Waals surface area contributed by atoms with Gasteiger partial charge in [0.25, 0.3) is 11.7 Å². The molecule has 0 unspecified atom stereocenters. The lowest BCUT2D eigenvalue weighted by Gasteiger charge is -2.18. The summed E-state index contributed by atoms with van der Waals surface area (Å²) in [6.45, 7) is 7.35. The summed E-state index contributed by atoms with van der Waals surface area (Å²) < 4.78 is 6.77. The molecule has 0 saturated carbocycles. The number of aryl methyl sites for hydroxylation is 3. The second kappa shape index (κ2) is 8.81. The minimum absolute atomic E-state index is 0.0168. The van der Waals surface area contributed by atoms with Crippen LogP contribution in [0.15, 0.2) is 30.6 Å². The SMILES string of the molecule is CC[C@H](NC(=O)COC(=O)Cc1c(C)nc2ncnn2c1C)c1ccc(C)cc1. The molecule has 0 radical (unpaired) electrons. The Labute approximate surface area is 169 Å². The number of rotatable bonds is 7. The van der Waals surface area contributed by atoms with Crippen molar-refractivity contribution in [3.05, 3.63) is 58.7 Å². The summed E-state index contributed by atoms with van der Waals surface area (Å²) in [5.41, 5.74) is 4.37. The zero-order valence-electron chi connectivity index (χ0n) is 17.1. The summed E-state index contributed by atoms with van der Waals surface area (Å²) in [6, 6.07) is 7.89. The first-order valence-corrected chi connectivity index (χ1v) is 9.56. The Morgan fingerprint density at radius 1 is 1.17 bits per heavy atom. The monoisotopic (exact) mass is 395 g/mol. The summed E-state index contributed by atoms with van der Waals surface area (Å²) in [5.74, 6) is -0.335. The smallest absolute Gasteiger partial charge is 0.310 e. The zero-order valence-corrected chi connectivity index (χ0v) is 17.1. The lowest BCUT2D eigenvalue weighted by atomic mass is 10.0. The average Bonchev–Trinajstić information content (AvgIpc) is 3.17. The van der Waals surface area contributed by atoms with Crippen LogP contribution in [0.1, 0.15) is 47.5 Å². The number of hydrogen-bond acceptors (Lipinski definition) is 6. The number of aromatic nitrogens is 4. The fourth-order valence-electron chi connectivity index (χ4n) is 3.21. The molecule has 3 rings (SSSR count). The molecule has 3 aromatic rings. The molecule has 0 fully saturated rings. The van der Waals surface area contributed by atoms with Gasteiger partial charge in [0.1, 0.15) is 6.33 Å². The van der Waals surface area contributed by atoms with Crippen LogP contribution in [-0.4, -0.2) is 38.1 Å². The van der Waals surface area contributed by atoms with E-state index in [1.807, 2.05) is 52.0 Å². The second-order valence-corrected chi connectivity index (χ2v) is 7.01. The predicted molar refractivity (Wildman–Crippen MR) is 107 cm³/mol. The number of ether oxygens (including phenoxy) is 1. The summed E-state index contributed by atoms with van der Waals surface area (Å²) in [4.78, 5) is 32.9. The Morgan fingerprint density at radius 3 is 2.59 bits per heavy atom. The Balaban J connectivity index is 1.57. The maximum atomic E-state index is 12.3. The van der Waals surface area contributed by atoms with E-state index in [2.05, 4.69) is 20.4 Å². The van der Waals surface area contributed by atoms with Crippen LogP contribution in [0, 0.1) is 20.8 Å². The number of nitrogens with one attached hydrogen (secondary N) is 1. The lowest BCUT2D eigenvalue weighted by molar-refractivity contribution is -0.148. The van der Waals surface area contributed by atoms with Gasteiger partial charge in [-0.15, -0.1) is 0 Å². The predicted octanol–water partition coefficient (Wildman–Crippen LogP) is 2.40. The van der Waals surface area contributed by atoms with Gasteiger partial charge in [-0.25, -0.2) is 9.50 Å². The van der Waals surface area contributed by atoms with Crippen LogP contribution in [-0.2, 0) is 20.7 Å². The van der Waals surface area contributed by atoms with E-state index in [1.54, 1.807) is 4.52 Å². The summed E-state index contributed by atoms with van der Waals surface area (Å²) in [7, 11) is 0. The quantitative estimate of drug-likeness (QED) is 0.617. The van der Waals surface area contributed by atoms with E-state index in [0.717, 1.165) is 28.8 Å². The van der Waals surface area contributed by atoms with Crippen molar-refractivity contribution in [1.29, 1.82) is 0 Å². The number of hydrogen-bond donors (Lipinski definition) is 1. The van der Waals surface area contributed by atoms with E-state index in [9.17, 15) is 9.59 Å². The van der Waals surface area contributed by atoms with Gasteiger partial charge in [0, 0.05) is 17.0 Å².